The van der Waals surface area contributed by atoms with Gasteiger partial charge in [-0.1, -0.05) is 61.2 Å². The van der Waals surface area contributed by atoms with Crippen LogP contribution in [0.3, 0.4) is 0 Å². The number of hydrogen-bond acceptors (Lipinski definition) is 2. The van der Waals surface area contributed by atoms with Crippen molar-refractivity contribution in [3.05, 3.63) is 69.7 Å². The Morgan fingerprint density at radius 1 is 1.04 bits per heavy atom. The number of nitrogens with two attached hydrogens (primary N) is 1. The Morgan fingerprint density at radius 2 is 1.73 bits per heavy atom. The molecule has 5 heteroatoms. The molecule has 0 saturated heterocycles. The highest BCUT2D eigenvalue weighted by molar-refractivity contribution is 6.34. The number of carbonyl (C=O) groups excluding carboxylic acids is 2. The van der Waals surface area contributed by atoms with Crippen LogP contribution in [0.25, 0.3) is 0 Å². The molecule has 3 N–H and O–H groups in total. The zero-order chi connectivity index (χ0) is 18.5. The predicted octanol–water partition coefficient (Wildman–Crippen LogP) is 4.42. The van der Waals surface area contributed by atoms with Gasteiger partial charge in [-0.25, -0.2) is 0 Å². The molecule has 0 bridgehead atoms. The minimum atomic E-state index is -0.514. The second-order valence-electron chi connectivity index (χ2n) is 6.75. The average molecular weight is 371 g/mol. The lowest BCUT2D eigenvalue weighted by molar-refractivity contribution is 0.0949. The molecule has 0 aliphatic heterocycles. The Kier molecular flexibility index (Phi) is 5.94. The number of nitrogens with one attached hydrogen (secondary N) is 1. The molecule has 136 valence electrons. The third-order valence-electron chi connectivity index (χ3n) is 5.00. The van der Waals surface area contributed by atoms with Crippen LogP contribution in [0, 0.1) is 0 Å². The van der Waals surface area contributed by atoms with Crippen LogP contribution in [-0.2, 0) is 6.54 Å². The maximum atomic E-state index is 12.9. The second kappa shape index (κ2) is 8.37. The lowest BCUT2D eigenvalue weighted by Crippen LogP contribution is -2.27. The van der Waals surface area contributed by atoms with Crippen molar-refractivity contribution < 1.29 is 9.59 Å². The Morgan fingerprint density at radius 3 is 2.38 bits per heavy atom. The van der Waals surface area contributed by atoms with Gasteiger partial charge < -0.3 is 11.1 Å². The van der Waals surface area contributed by atoms with Gasteiger partial charge in [-0.3, -0.25) is 9.59 Å². The SMILES string of the molecule is NC(=O)c1ccc(Cl)c(C(=O)NCc2ccccc2)c1C1CCCCC1. The van der Waals surface area contributed by atoms with E-state index in [0.29, 0.717) is 22.7 Å². The van der Waals surface area contributed by atoms with Crippen molar-refractivity contribution in [2.45, 2.75) is 44.6 Å². The topological polar surface area (TPSA) is 72.2 Å². The molecule has 2 aromatic carbocycles. The normalized spacial score (nSPS) is 14.8. The van der Waals surface area contributed by atoms with Gasteiger partial charge in [0.25, 0.3) is 5.91 Å². The monoisotopic (exact) mass is 370 g/mol. The van der Waals surface area contributed by atoms with Gasteiger partial charge in [-0.2, -0.15) is 0 Å². The van der Waals surface area contributed by atoms with E-state index in [1.807, 2.05) is 30.3 Å². The molecule has 26 heavy (non-hydrogen) atoms. The summed E-state index contributed by atoms with van der Waals surface area (Å²) < 4.78 is 0. The first-order valence-corrected chi connectivity index (χ1v) is 9.40. The summed E-state index contributed by atoms with van der Waals surface area (Å²) in [6.07, 6.45) is 5.23. The molecule has 1 fully saturated rings. The largest absolute Gasteiger partial charge is 0.366 e. The lowest BCUT2D eigenvalue weighted by Gasteiger charge is -2.26. The minimum Gasteiger partial charge on any atom is -0.366 e. The Bertz CT molecular complexity index is 799. The summed E-state index contributed by atoms with van der Waals surface area (Å²) in [7, 11) is 0. The van der Waals surface area contributed by atoms with E-state index in [0.717, 1.165) is 36.8 Å². The van der Waals surface area contributed by atoms with Crippen LogP contribution in [0.2, 0.25) is 5.02 Å². The van der Waals surface area contributed by atoms with Crippen LogP contribution in [0.5, 0.6) is 0 Å². The number of amides is 2. The summed E-state index contributed by atoms with van der Waals surface area (Å²) in [5.74, 6) is -0.635. The molecule has 2 aromatic rings. The lowest BCUT2D eigenvalue weighted by atomic mass is 9.79. The molecule has 1 saturated carbocycles. The van der Waals surface area contributed by atoms with E-state index >= 15 is 0 Å². The molecule has 0 aromatic heterocycles. The molecular weight excluding hydrogens is 348 g/mol. The van der Waals surface area contributed by atoms with Crippen LogP contribution >= 0.6 is 11.6 Å². The van der Waals surface area contributed by atoms with Gasteiger partial charge in [0.05, 0.1) is 10.6 Å². The van der Waals surface area contributed by atoms with Crippen molar-refractivity contribution in [2.75, 3.05) is 0 Å². The van der Waals surface area contributed by atoms with E-state index in [1.54, 1.807) is 12.1 Å². The number of benzene rings is 2. The Labute approximate surface area is 158 Å². The van der Waals surface area contributed by atoms with Crippen LogP contribution in [0.4, 0.5) is 0 Å². The number of carbonyl (C=O) groups is 2. The third-order valence-corrected chi connectivity index (χ3v) is 5.31. The summed E-state index contributed by atoms with van der Waals surface area (Å²) in [6, 6.07) is 12.9. The van der Waals surface area contributed by atoms with Crippen LogP contribution in [0.15, 0.2) is 42.5 Å². The number of primary amides is 1. The maximum absolute atomic E-state index is 12.9. The van der Waals surface area contributed by atoms with Crippen molar-refractivity contribution >= 4 is 23.4 Å². The highest BCUT2D eigenvalue weighted by Crippen LogP contribution is 2.38. The molecule has 3 rings (SSSR count). The smallest absolute Gasteiger partial charge is 0.253 e. The maximum Gasteiger partial charge on any atom is 0.253 e. The van der Waals surface area contributed by atoms with E-state index in [-0.39, 0.29) is 11.8 Å². The highest BCUT2D eigenvalue weighted by atomic mass is 35.5. The quantitative estimate of drug-likeness (QED) is 0.817. The summed E-state index contributed by atoms with van der Waals surface area (Å²) in [5.41, 5.74) is 8.11. The summed E-state index contributed by atoms with van der Waals surface area (Å²) in [6.45, 7) is 0.404. The van der Waals surface area contributed by atoms with E-state index in [9.17, 15) is 9.59 Å². The predicted molar refractivity (Wildman–Crippen MR) is 103 cm³/mol. The first kappa shape index (κ1) is 18.5. The van der Waals surface area contributed by atoms with Gasteiger partial charge in [0.15, 0.2) is 0 Å². The molecule has 1 aliphatic rings. The summed E-state index contributed by atoms with van der Waals surface area (Å²) in [4.78, 5) is 24.9. The zero-order valence-electron chi connectivity index (χ0n) is 14.6. The fourth-order valence-electron chi connectivity index (χ4n) is 3.72. The van der Waals surface area contributed by atoms with E-state index in [4.69, 9.17) is 17.3 Å². The van der Waals surface area contributed by atoms with Crippen LogP contribution in [-0.4, -0.2) is 11.8 Å². The molecule has 0 unspecified atom stereocenters. The van der Waals surface area contributed by atoms with Gasteiger partial charge in [0.1, 0.15) is 0 Å². The fourth-order valence-corrected chi connectivity index (χ4v) is 3.97. The van der Waals surface area contributed by atoms with E-state index in [2.05, 4.69) is 5.32 Å². The van der Waals surface area contributed by atoms with Gasteiger partial charge in [-0.15, -0.1) is 0 Å². The van der Waals surface area contributed by atoms with Gasteiger partial charge in [0, 0.05) is 12.1 Å². The number of hydrogen-bond donors (Lipinski definition) is 2. The summed E-state index contributed by atoms with van der Waals surface area (Å²) >= 11 is 6.39. The molecule has 1 aliphatic carbocycles. The van der Waals surface area contributed by atoms with Gasteiger partial charge in [0.2, 0.25) is 5.91 Å². The van der Waals surface area contributed by atoms with Crippen LogP contribution in [0.1, 0.15) is 69.9 Å². The van der Waals surface area contributed by atoms with Crippen molar-refractivity contribution in [3.63, 3.8) is 0 Å². The highest BCUT2D eigenvalue weighted by Gasteiger charge is 2.28. The molecule has 0 atom stereocenters. The molecular formula is C21H23ClN2O2. The molecule has 0 heterocycles. The van der Waals surface area contributed by atoms with Crippen molar-refractivity contribution in [1.82, 2.24) is 5.32 Å². The standard InChI is InChI=1S/C21H23ClN2O2/c22-17-12-11-16(20(23)25)18(15-9-5-2-6-10-15)19(17)21(26)24-13-14-7-3-1-4-8-14/h1,3-4,7-8,11-12,15H,2,5-6,9-10,13H2,(H2,23,25)(H,24,26). The first-order valence-electron chi connectivity index (χ1n) is 9.02. The molecule has 0 radical (unpaired) electrons. The van der Waals surface area contributed by atoms with E-state index < -0.39 is 5.91 Å². The average Bonchev–Trinajstić information content (AvgIpc) is 2.67. The zero-order valence-corrected chi connectivity index (χ0v) is 15.4. The Balaban J connectivity index is 1.94. The molecule has 4 nitrogen and oxygen atoms in total. The van der Waals surface area contributed by atoms with Gasteiger partial charge in [-0.05, 0) is 42.0 Å². The van der Waals surface area contributed by atoms with Crippen molar-refractivity contribution in [2.24, 2.45) is 5.73 Å². The van der Waals surface area contributed by atoms with E-state index in [1.165, 1.54) is 6.42 Å². The van der Waals surface area contributed by atoms with Crippen LogP contribution < -0.4 is 11.1 Å². The second-order valence-corrected chi connectivity index (χ2v) is 7.16. The number of rotatable bonds is 5. The Hall–Kier alpha value is -2.33. The minimum absolute atomic E-state index is 0.141. The van der Waals surface area contributed by atoms with Crippen molar-refractivity contribution in [1.29, 1.82) is 0 Å². The van der Waals surface area contributed by atoms with Gasteiger partial charge >= 0.3 is 0 Å². The fraction of sp³-hybridized carbons (Fsp3) is 0.333. The van der Waals surface area contributed by atoms with Crippen molar-refractivity contribution in [3.8, 4) is 0 Å². The molecule has 0 spiro atoms. The summed E-state index contributed by atoms with van der Waals surface area (Å²) in [5, 5.41) is 3.29. The first-order chi connectivity index (χ1) is 12.6. The third kappa shape index (κ3) is 4.07. The number of halogens is 1. The molecule has 2 amide bonds.